The van der Waals surface area contributed by atoms with E-state index in [0.717, 1.165) is 22.5 Å². The van der Waals surface area contributed by atoms with Crippen molar-refractivity contribution in [2.24, 2.45) is 0 Å². The third kappa shape index (κ3) is 2.67. The van der Waals surface area contributed by atoms with Crippen LogP contribution in [0.15, 0.2) is 109 Å². The van der Waals surface area contributed by atoms with Crippen LogP contribution in [-0.2, 0) is 5.60 Å². The lowest BCUT2D eigenvalue weighted by molar-refractivity contribution is 0.119. The minimum Gasteiger partial charge on any atom is -0.375 e. The Balaban J connectivity index is 1.97. The Morgan fingerprint density at radius 1 is 0.560 bits per heavy atom. The third-order valence-corrected chi connectivity index (χ3v) is 4.54. The van der Waals surface area contributed by atoms with Crippen LogP contribution in [0, 0.1) is 0 Å². The molecule has 0 aliphatic heterocycles. The van der Waals surface area contributed by atoms with Crippen molar-refractivity contribution in [1.82, 2.24) is 4.57 Å². The van der Waals surface area contributed by atoms with Crippen molar-refractivity contribution in [3.05, 3.63) is 126 Å². The van der Waals surface area contributed by atoms with Crippen LogP contribution in [0.25, 0.3) is 5.69 Å². The van der Waals surface area contributed by atoms with Gasteiger partial charge in [0.05, 0.1) is 5.69 Å². The molecule has 0 atom stereocenters. The van der Waals surface area contributed by atoms with E-state index in [2.05, 4.69) is 0 Å². The Labute approximate surface area is 147 Å². The Kier molecular flexibility index (Phi) is 3.96. The molecule has 0 aliphatic carbocycles. The molecule has 0 aliphatic rings. The standard InChI is InChI=1S/C23H19NO/c25-23(19-11-4-1-5-12-19,20-13-6-2-7-14-20)22-17-10-18-24(22)21-15-8-3-9-16-21/h1-18,25H. The summed E-state index contributed by atoms with van der Waals surface area (Å²) in [5.74, 6) is 0. The fourth-order valence-electron chi connectivity index (χ4n) is 3.31. The number of rotatable bonds is 4. The zero-order valence-corrected chi connectivity index (χ0v) is 13.8. The maximum atomic E-state index is 11.9. The van der Waals surface area contributed by atoms with E-state index in [1.807, 2.05) is 114 Å². The topological polar surface area (TPSA) is 25.2 Å². The van der Waals surface area contributed by atoms with Crippen LogP contribution in [0.4, 0.5) is 0 Å². The molecular formula is C23H19NO. The molecule has 3 aromatic carbocycles. The van der Waals surface area contributed by atoms with Crippen molar-refractivity contribution in [3.8, 4) is 5.69 Å². The van der Waals surface area contributed by atoms with Crippen LogP contribution in [0.5, 0.6) is 0 Å². The largest absolute Gasteiger partial charge is 0.375 e. The first kappa shape index (κ1) is 15.4. The molecule has 1 heterocycles. The van der Waals surface area contributed by atoms with Crippen LogP contribution in [0.3, 0.4) is 0 Å². The van der Waals surface area contributed by atoms with Gasteiger partial charge in [-0.25, -0.2) is 0 Å². The highest BCUT2D eigenvalue weighted by Crippen LogP contribution is 2.37. The first-order valence-electron chi connectivity index (χ1n) is 8.37. The second kappa shape index (κ2) is 6.42. The summed E-state index contributed by atoms with van der Waals surface area (Å²) in [6.45, 7) is 0. The van der Waals surface area contributed by atoms with E-state index >= 15 is 0 Å². The van der Waals surface area contributed by atoms with Gasteiger partial charge in [0.1, 0.15) is 0 Å². The van der Waals surface area contributed by atoms with Gasteiger partial charge in [-0.3, -0.25) is 0 Å². The van der Waals surface area contributed by atoms with E-state index in [4.69, 9.17) is 0 Å². The Hall–Kier alpha value is -3.10. The molecule has 0 saturated heterocycles. The molecular weight excluding hydrogens is 306 g/mol. The van der Waals surface area contributed by atoms with E-state index < -0.39 is 5.60 Å². The highest BCUT2D eigenvalue weighted by Gasteiger charge is 2.36. The quantitative estimate of drug-likeness (QED) is 0.575. The molecule has 0 radical (unpaired) electrons. The van der Waals surface area contributed by atoms with E-state index in [0.29, 0.717) is 0 Å². The molecule has 2 heteroatoms. The molecule has 0 amide bonds. The minimum atomic E-state index is -1.23. The Morgan fingerprint density at radius 3 is 1.56 bits per heavy atom. The lowest BCUT2D eigenvalue weighted by atomic mass is 9.83. The SMILES string of the molecule is OC(c1ccccc1)(c1ccccc1)c1cccn1-c1ccccc1. The molecule has 0 unspecified atom stereocenters. The maximum absolute atomic E-state index is 11.9. The minimum absolute atomic E-state index is 0.816. The number of para-hydroxylation sites is 1. The summed E-state index contributed by atoms with van der Waals surface area (Å²) in [6.07, 6.45) is 1.99. The Bertz CT molecular complexity index is 904. The molecule has 1 N–H and O–H groups in total. The lowest BCUT2D eigenvalue weighted by Gasteiger charge is -2.31. The van der Waals surface area contributed by atoms with Gasteiger partial charge in [-0.05, 0) is 35.4 Å². The van der Waals surface area contributed by atoms with Crippen LogP contribution in [0.1, 0.15) is 16.8 Å². The Morgan fingerprint density at radius 2 is 1.04 bits per heavy atom. The van der Waals surface area contributed by atoms with Crippen molar-refractivity contribution < 1.29 is 5.11 Å². The lowest BCUT2D eigenvalue weighted by Crippen LogP contribution is -2.31. The van der Waals surface area contributed by atoms with Crippen molar-refractivity contribution in [1.29, 1.82) is 0 Å². The van der Waals surface area contributed by atoms with Crippen molar-refractivity contribution in [3.63, 3.8) is 0 Å². The molecule has 2 nitrogen and oxygen atoms in total. The van der Waals surface area contributed by atoms with Crippen molar-refractivity contribution >= 4 is 0 Å². The van der Waals surface area contributed by atoms with Crippen LogP contribution in [-0.4, -0.2) is 9.67 Å². The van der Waals surface area contributed by atoms with Crippen molar-refractivity contribution in [2.75, 3.05) is 0 Å². The maximum Gasteiger partial charge on any atom is 0.155 e. The summed E-state index contributed by atoms with van der Waals surface area (Å²) >= 11 is 0. The van der Waals surface area contributed by atoms with Gasteiger partial charge in [-0.1, -0.05) is 78.9 Å². The van der Waals surface area contributed by atoms with Gasteiger partial charge in [0.2, 0.25) is 0 Å². The van der Waals surface area contributed by atoms with Gasteiger partial charge in [-0.2, -0.15) is 0 Å². The predicted octanol–water partition coefficient (Wildman–Crippen LogP) is 4.76. The molecule has 0 fully saturated rings. The molecule has 0 saturated carbocycles. The van der Waals surface area contributed by atoms with E-state index in [-0.39, 0.29) is 0 Å². The second-order valence-corrected chi connectivity index (χ2v) is 6.04. The van der Waals surface area contributed by atoms with Gasteiger partial charge in [0, 0.05) is 11.9 Å². The molecule has 0 bridgehead atoms. The van der Waals surface area contributed by atoms with Gasteiger partial charge < -0.3 is 9.67 Å². The fraction of sp³-hybridized carbons (Fsp3) is 0.0435. The summed E-state index contributed by atoms with van der Waals surface area (Å²) in [5, 5.41) is 11.9. The summed E-state index contributed by atoms with van der Waals surface area (Å²) in [5.41, 5.74) is 2.29. The van der Waals surface area contributed by atoms with Gasteiger partial charge >= 0.3 is 0 Å². The molecule has 25 heavy (non-hydrogen) atoms. The molecule has 1 aromatic heterocycles. The zero-order chi connectivity index (χ0) is 17.1. The van der Waals surface area contributed by atoms with Crippen molar-refractivity contribution in [2.45, 2.75) is 5.60 Å². The number of aliphatic hydroxyl groups is 1. The van der Waals surface area contributed by atoms with Gasteiger partial charge in [0.25, 0.3) is 0 Å². The highest BCUT2D eigenvalue weighted by molar-refractivity contribution is 5.48. The number of hydrogen-bond acceptors (Lipinski definition) is 1. The number of nitrogens with zero attached hydrogens (tertiary/aromatic N) is 1. The average molecular weight is 325 g/mol. The fourth-order valence-corrected chi connectivity index (χ4v) is 3.31. The van der Waals surface area contributed by atoms with E-state index in [9.17, 15) is 5.11 Å². The summed E-state index contributed by atoms with van der Waals surface area (Å²) < 4.78 is 2.04. The van der Waals surface area contributed by atoms with Crippen LogP contribution >= 0.6 is 0 Å². The predicted molar refractivity (Wildman–Crippen MR) is 101 cm³/mol. The van der Waals surface area contributed by atoms with Crippen LogP contribution < -0.4 is 0 Å². The van der Waals surface area contributed by atoms with Gasteiger partial charge in [-0.15, -0.1) is 0 Å². The first-order valence-corrected chi connectivity index (χ1v) is 8.37. The average Bonchev–Trinajstić information content (AvgIpc) is 3.20. The highest BCUT2D eigenvalue weighted by atomic mass is 16.3. The number of benzene rings is 3. The normalized spacial score (nSPS) is 11.4. The second-order valence-electron chi connectivity index (χ2n) is 6.04. The van der Waals surface area contributed by atoms with E-state index in [1.165, 1.54) is 0 Å². The summed E-state index contributed by atoms with van der Waals surface area (Å²) in [6, 6.07) is 33.7. The number of aromatic nitrogens is 1. The smallest absolute Gasteiger partial charge is 0.155 e. The molecule has 122 valence electrons. The zero-order valence-electron chi connectivity index (χ0n) is 13.8. The molecule has 4 aromatic rings. The molecule has 4 rings (SSSR count). The van der Waals surface area contributed by atoms with Crippen LogP contribution in [0.2, 0.25) is 0 Å². The van der Waals surface area contributed by atoms with Gasteiger partial charge in [0.15, 0.2) is 5.60 Å². The number of hydrogen-bond donors (Lipinski definition) is 1. The summed E-state index contributed by atoms with van der Waals surface area (Å²) in [7, 11) is 0. The van der Waals surface area contributed by atoms with E-state index in [1.54, 1.807) is 0 Å². The summed E-state index contributed by atoms with van der Waals surface area (Å²) in [4.78, 5) is 0. The molecule has 0 spiro atoms. The monoisotopic (exact) mass is 325 g/mol. The third-order valence-electron chi connectivity index (χ3n) is 4.54. The first-order chi connectivity index (χ1) is 12.3.